The van der Waals surface area contributed by atoms with Gasteiger partial charge in [-0.3, -0.25) is 4.79 Å². The molecule has 1 aromatic heterocycles. The zero-order valence-corrected chi connectivity index (χ0v) is 14.8. The lowest BCUT2D eigenvalue weighted by atomic mass is 10.2. The van der Waals surface area contributed by atoms with Gasteiger partial charge in [-0.25, -0.2) is 4.39 Å². The molecule has 1 N–H and O–H groups in total. The number of benzene rings is 2. The van der Waals surface area contributed by atoms with Gasteiger partial charge < -0.3 is 14.5 Å². The van der Waals surface area contributed by atoms with Gasteiger partial charge in [-0.2, -0.15) is 0 Å². The van der Waals surface area contributed by atoms with Crippen LogP contribution >= 0.6 is 11.8 Å². The first-order valence-electron chi connectivity index (χ1n) is 7.81. The first-order chi connectivity index (χ1) is 12.7. The Labute approximate surface area is 153 Å². The molecule has 8 heteroatoms. The Bertz CT molecular complexity index is 883. The Morgan fingerprint density at radius 3 is 2.73 bits per heavy atom. The third kappa shape index (κ3) is 4.60. The normalized spacial score (nSPS) is 10.5. The van der Waals surface area contributed by atoms with E-state index < -0.39 is 0 Å². The number of hydrogen-bond donors (Lipinski definition) is 1. The van der Waals surface area contributed by atoms with E-state index in [1.54, 1.807) is 7.11 Å². The number of hydrogen-bond acceptors (Lipinski definition) is 6. The fourth-order valence-corrected chi connectivity index (χ4v) is 2.88. The molecule has 0 saturated heterocycles. The SMILES string of the molecule is COc1ccccc1-c1nnc(SCCC(=O)Nc2ccc(F)cc2)o1. The summed E-state index contributed by atoms with van der Waals surface area (Å²) in [5, 5.41) is 11.1. The van der Waals surface area contributed by atoms with Crippen LogP contribution in [0.4, 0.5) is 10.1 Å². The number of aromatic nitrogens is 2. The molecule has 0 radical (unpaired) electrons. The molecule has 0 spiro atoms. The second-order valence-electron chi connectivity index (χ2n) is 5.23. The van der Waals surface area contributed by atoms with Gasteiger partial charge in [0.15, 0.2) is 0 Å². The molecule has 0 bridgehead atoms. The lowest BCUT2D eigenvalue weighted by molar-refractivity contribution is -0.115. The number of amides is 1. The average Bonchev–Trinajstić information content (AvgIpc) is 3.12. The highest BCUT2D eigenvalue weighted by atomic mass is 32.2. The number of thioether (sulfide) groups is 1. The number of carbonyl (C=O) groups excluding carboxylic acids is 1. The number of methoxy groups -OCH3 is 1. The number of halogens is 1. The Hall–Kier alpha value is -2.87. The van der Waals surface area contributed by atoms with Crippen LogP contribution in [0.15, 0.2) is 58.2 Å². The van der Waals surface area contributed by atoms with Crippen LogP contribution in [0.5, 0.6) is 5.75 Å². The Balaban J connectivity index is 1.52. The number of nitrogens with zero attached hydrogens (tertiary/aromatic N) is 2. The van der Waals surface area contributed by atoms with Crippen molar-refractivity contribution in [3.05, 3.63) is 54.3 Å². The van der Waals surface area contributed by atoms with Gasteiger partial charge in [-0.05, 0) is 36.4 Å². The lowest BCUT2D eigenvalue weighted by Gasteiger charge is -2.04. The Morgan fingerprint density at radius 1 is 1.19 bits per heavy atom. The number of carbonyl (C=O) groups is 1. The summed E-state index contributed by atoms with van der Waals surface area (Å²) >= 11 is 1.29. The molecule has 26 heavy (non-hydrogen) atoms. The smallest absolute Gasteiger partial charge is 0.276 e. The summed E-state index contributed by atoms with van der Waals surface area (Å²) in [6, 6.07) is 13.0. The number of rotatable bonds is 7. The van der Waals surface area contributed by atoms with Crippen molar-refractivity contribution in [2.45, 2.75) is 11.6 Å². The monoisotopic (exact) mass is 373 g/mol. The highest BCUT2D eigenvalue weighted by Crippen LogP contribution is 2.30. The van der Waals surface area contributed by atoms with Crippen molar-refractivity contribution in [2.75, 3.05) is 18.2 Å². The molecule has 0 aliphatic rings. The topological polar surface area (TPSA) is 77.2 Å². The Kier molecular flexibility index (Phi) is 5.85. The molecule has 6 nitrogen and oxygen atoms in total. The minimum absolute atomic E-state index is 0.173. The van der Waals surface area contributed by atoms with E-state index in [0.29, 0.717) is 33.9 Å². The Morgan fingerprint density at radius 2 is 1.96 bits per heavy atom. The highest BCUT2D eigenvalue weighted by molar-refractivity contribution is 7.99. The van der Waals surface area contributed by atoms with Crippen molar-refractivity contribution >= 4 is 23.4 Å². The molecular formula is C18H16FN3O3S. The van der Waals surface area contributed by atoms with Gasteiger partial charge in [0, 0.05) is 17.9 Å². The molecular weight excluding hydrogens is 357 g/mol. The van der Waals surface area contributed by atoms with E-state index in [1.807, 2.05) is 24.3 Å². The zero-order valence-electron chi connectivity index (χ0n) is 13.9. The number of anilines is 1. The van der Waals surface area contributed by atoms with E-state index in [4.69, 9.17) is 9.15 Å². The summed E-state index contributed by atoms with van der Waals surface area (Å²) in [5.41, 5.74) is 1.26. The first kappa shape index (κ1) is 17.9. The summed E-state index contributed by atoms with van der Waals surface area (Å²) < 4.78 is 23.7. The molecule has 1 amide bonds. The van der Waals surface area contributed by atoms with E-state index in [-0.39, 0.29) is 18.1 Å². The van der Waals surface area contributed by atoms with Crippen molar-refractivity contribution in [1.82, 2.24) is 10.2 Å². The van der Waals surface area contributed by atoms with Crippen molar-refractivity contribution in [1.29, 1.82) is 0 Å². The fraction of sp³-hybridized carbons (Fsp3) is 0.167. The number of ether oxygens (including phenoxy) is 1. The van der Waals surface area contributed by atoms with E-state index >= 15 is 0 Å². The maximum absolute atomic E-state index is 12.8. The lowest BCUT2D eigenvalue weighted by Crippen LogP contribution is -2.12. The van der Waals surface area contributed by atoms with Crippen LogP contribution in [0.2, 0.25) is 0 Å². The standard InChI is InChI=1S/C18H16FN3O3S/c1-24-15-5-3-2-4-14(15)17-21-22-18(25-17)26-11-10-16(23)20-13-8-6-12(19)7-9-13/h2-9H,10-11H2,1H3,(H,20,23). The van der Waals surface area contributed by atoms with Gasteiger partial charge in [-0.15, -0.1) is 10.2 Å². The van der Waals surface area contributed by atoms with Crippen molar-refractivity contribution in [3.8, 4) is 17.2 Å². The molecule has 0 aliphatic carbocycles. The molecule has 134 valence electrons. The number of para-hydroxylation sites is 1. The summed E-state index contributed by atoms with van der Waals surface area (Å²) in [6.45, 7) is 0. The average molecular weight is 373 g/mol. The largest absolute Gasteiger partial charge is 0.496 e. The molecule has 0 aliphatic heterocycles. The summed E-state index contributed by atoms with van der Waals surface area (Å²) in [6.07, 6.45) is 0.258. The summed E-state index contributed by atoms with van der Waals surface area (Å²) in [4.78, 5) is 11.9. The van der Waals surface area contributed by atoms with Gasteiger partial charge in [0.05, 0.1) is 12.7 Å². The van der Waals surface area contributed by atoms with Gasteiger partial charge in [0.25, 0.3) is 11.1 Å². The van der Waals surface area contributed by atoms with E-state index in [0.717, 1.165) is 0 Å². The van der Waals surface area contributed by atoms with Crippen molar-refractivity contribution in [3.63, 3.8) is 0 Å². The molecule has 1 heterocycles. The second kappa shape index (κ2) is 8.48. The van der Waals surface area contributed by atoms with Gasteiger partial charge in [0.1, 0.15) is 11.6 Å². The molecule has 0 fully saturated rings. The first-order valence-corrected chi connectivity index (χ1v) is 8.79. The summed E-state index contributed by atoms with van der Waals surface area (Å²) in [5.74, 6) is 0.960. The minimum Gasteiger partial charge on any atom is -0.496 e. The van der Waals surface area contributed by atoms with E-state index in [2.05, 4.69) is 15.5 Å². The fourth-order valence-electron chi connectivity index (χ4n) is 2.19. The van der Waals surface area contributed by atoms with E-state index in [9.17, 15) is 9.18 Å². The molecule has 2 aromatic carbocycles. The quantitative estimate of drug-likeness (QED) is 0.631. The molecule has 3 aromatic rings. The van der Waals surface area contributed by atoms with Crippen LogP contribution < -0.4 is 10.1 Å². The third-order valence-electron chi connectivity index (χ3n) is 3.43. The highest BCUT2D eigenvalue weighted by Gasteiger charge is 2.13. The van der Waals surface area contributed by atoms with Crippen LogP contribution in [-0.2, 0) is 4.79 Å². The van der Waals surface area contributed by atoms with Crippen molar-refractivity contribution < 1.29 is 18.3 Å². The van der Waals surface area contributed by atoms with Gasteiger partial charge in [0.2, 0.25) is 5.91 Å². The molecule has 0 unspecified atom stereocenters. The zero-order chi connectivity index (χ0) is 18.4. The van der Waals surface area contributed by atoms with Gasteiger partial charge in [-0.1, -0.05) is 23.9 Å². The summed E-state index contributed by atoms with van der Waals surface area (Å²) in [7, 11) is 1.57. The van der Waals surface area contributed by atoms with Crippen molar-refractivity contribution in [2.24, 2.45) is 0 Å². The van der Waals surface area contributed by atoms with E-state index in [1.165, 1.54) is 36.0 Å². The minimum atomic E-state index is -0.346. The van der Waals surface area contributed by atoms with Crippen LogP contribution in [0.1, 0.15) is 6.42 Å². The molecule has 0 atom stereocenters. The van der Waals surface area contributed by atoms with Crippen LogP contribution in [0, 0.1) is 5.82 Å². The van der Waals surface area contributed by atoms with Crippen LogP contribution in [0.25, 0.3) is 11.5 Å². The second-order valence-corrected chi connectivity index (χ2v) is 6.27. The maximum atomic E-state index is 12.8. The predicted molar refractivity (Wildman–Crippen MR) is 96.7 cm³/mol. The van der Waals surface area contributed by atoms with Crippen LogP contribution in [-0.4, -0.2) is 29.0 Å². The number of nitrogens with one attached hydrogen (secondary N) is 1. The molecule has 0 saturated carbocycles. The maximum Gasteiger partial charge on any atom is 0.276 e. The predicted octanol–water partition coefficient (Wildman–Crippen LogP) is 4.01. The van der Waals surface area contributed by atoms with Gasteiger partial charge >= 0.3 is 0 Å². The van der Waals surface area contributed by atoms with Crippen LogP contribution in [0.3, 0.4) is 0 Å². The third-order valence-corrected chi connectivity index (χ3v) is 4.25. The molecule has 3 rings (SSSR count).